The topological polar surface area (TPSA) is 46.2 Å². The van der Waals surface area contributed by atoms with E-state index in [0.29, 0.717) is 5.69 Å². The number of aryl methyl sites for hydroxylation is 1. The first-order chi connectivity index (χ1) is 5.90. The first kappa shape index (κ1) is 10.1. The fourth-order valence-corrected chi connectivity index (χ4v) is 1.68. The zero-order chi connectivity index (χ0) is 10.1. The van der Waals surface area contributed by atoms with Crippen LogP contribution >= 0.6 is 0 Å². The first-order valence-corrected chi connectivity index (χ1v) is 5.83. The van der Waals surface area contributed by atoms with Crippen LogP contribution in [0.15, 0.2) is 18.2 Å². The number of hydrogen-bond acceptors (Lipinski definition) is 2. The Balaban J connectivity index is 3.10. The van der Waals surface area contributed by atoms with Crippen LogP contribution in [0, 0.1) is 13.8 Å². The summed E-state index contributed by atoms with van der Waals surface area (Å²) < 4.78 is 24.4. The first-order valence-electron chi connectivity index (χ1n) is 3.94. The van der Waals surface area contributed by atoms with Crippen LogP contribution in [0.2, 0.25) is 0 Å². The molecule has 0 radical (unpaired) electrons. The van der Waals surface area contributed by atoms with Gasteiger partial charge >= 0.3 is 0 Å². The van der Waals surface area contributed by atoms with Crippen LogP contribution in [-0.4, -0.2) is 14.7 Å². The predicted molar refractivity (Wildman–Crippen MR) is 54.4 cm³/mol. The van der Waals surface area contributed by atoms with Crippen LogP contribution in [0.3, 0.4) is 0 Å². The highest BCUT2D eigenvalue weighted by molar-refractivity contribution is 7.92. The SMILES string of the molecule is Cc1cccc(NS(C)(=O)=O)c1C. The zero-order valence-corrected chi connectivity index (χ0v) is 8.77. The van der Waals surface area contributed by atoms with Crippen LogP contribution in [0.4, 0.5) is 5.69 Å². The Morgan fingerprint density at radius 2 is 1.85 bits per heavy atom. The molecule has 0 atom stereocenters. The van der Waals surface area contributed by atoms with E-state index in [1.54, 1.807) is 6.07 Å². The second-order valence-electron chi connectivity index (χ2n) is 3.12. The van der Waals surface area contributed by atoms with Crippen LogP contribution in [0.25, 0.3) is 0 Å². The van der Waals surface area contributed by atoms with Crippen molar-refractivity contribution in [1.29, 1.82) is 0 Å². The molecule has 1 aromatic carbocycles. The minimum absolute atomic E-state index is 0.655. The Labute approximate surface area is 78.8 Å². The highest BCUT2D eigenvalue weighted by Gasteiger charge is 2.05. The van der Waals surface area contributed by atoms with Crippen LogP contribution < -0.4 is 4.72 Å². The van der Waals surface area contributed by atoms with Gasteiger partial charge in [0.15, 0.2) is 0 Å². The average molecular weight is 199 g/mol. The molecule has 0 aliphatic carbocycles. The van der Waals surface area contributed by atoms with Crippen molar-refractivity contribution >= 4 is 15.7 Å². The third-order valence-electron chi connectivity index (χ3n) is 1.90. The molecule has 0 saturated heterocycles. The van der Waals surface area contributed by atoms with Gasteiger partial charge in [-0.05, 0) is 31.0 Å². The molecular formula is C9H13NO2S. The molecule has 13 heavy (non-hydrogen) atoms. The third-order valence-corrected chi connectivity index (χ3v) is 2.49. The summed E-state index contributed by atoms with van der Waals surface area (Å²) >= 11 is 0. The average Bonchev–Trinajstić information content (AvgIpc) is 1.96. The van der Waals surface area contributed by atoms with E-state index in [9.17, 15) is 8.42 Å². The summed E-state index contributed by atoms with van der Waals surface area (Å²) in [5, 5.41) is 0. The van der Waals surface area contributed by atoms with E-state index in [1.165, 1.54) is 0 Å². The summed E-state index contributed by atoms with van der Waals surface area (Å²) in [6.45, 7) is 3.84. The van der Waals surface area contributed by atoms with E-state index in [2.05, 4.69) is 4.72 Å². The molecule has 0 amide bonds. The molecule has 4 heteroatoms. The summed E-state index contributed by atoms with van der Waals surface area (Å²) in [6, 6.07) is 5.53. The Morgan fingerprint density at radius 1 is 1.23 bits per heavy atom. The number of hydrogen-bond donors (Lipinski definition) is 1. The molecule has 0 aliphatic rings. The highest BCUT2D eigenvalue weighted by atomic mass is 32.2. The van der Waals surface area contributed by atoms with Gasteiger partial charge in [-0.3, -0.25) is 4.72 Å². The molecule has 0 fully saturated rings. The quantitative estimate of drug-likeness (QED) is 0.787. The van der Waals surface area contributed by atoms with Crippen molar-refractivity contribution in [2.24, 2.45) is 0 Å². The van der Waals surface area contributed by atoms with Crippen molar-refractivity contribution in [3.63, 3.8) is 0 Å². The standard InChI is InChI=1S/C9H13NO2S/c1-7-5-4-6-9(8(7)2)10-13(3,11)12/h4-6,10H,1-3H3. The highest BCUT2D eigenvalue weighted by Crippen LogP contribution is 2.18. The second-order valence-corrected chi connectivity index (χ2v) is 4.87. The summed E-state index contributed by atoms with van der Waals surface area (Å²) in [5.74, 6) is 0. The Kier molecular flexibility index (Phi) is 2.61. The number of anilines is 1. The summed E-state index contributed by atoms with van der Waals surface area (Å²) in [7, 11) is -3.17. The van der Waals surface area contributed by atoms with Gasteiger partial charge < -0.3 is 0 Å². The largest absolute Gasteiger partial charge is 0.284 e. The fraction of sp³-hybridized carbons (Fsp3) is 0.333. The lowest BCUT2D eigenvalue weighted by Gasteiger charge is -2.08. The van der Waals surface area contributed by atoms with Gasteiger partial charge in [-0.15, -0.1) is 0 Å². The van der Waals surface area contributed by atoms with Crippen LogP contribution in [-0.2, 0) is 10.0 Å². The lowest BCUT2D eigenvalue weighted by Crippen LogP contribution is -2.10. The van der Waals surface area contributed by atoms with E-state index in [0.717, 1.165) is 17.4 Å². The van der Waals surface area contributed by atoms with Crippen molar-refractivity contribution in [3.05, 3.63) is 29.3 Å². The van der Waals surface area contributed by atoms with Gasteiger partial charge in [-0.25, -0.2) is 8.42 Å². The third kappa shape index (κ3) is 2.73. The molecule has 0 heterocycles. The number of rotatable bonds is 2. The van der Waals surface area contributed by atoms with Gasteiger partial charge in [0.05, 0.1) is 11.9 Å². The zero-order valence-electron chi connectivity index (χ0n) is 7.96. The van der Waals surface area contributed by atoms with Gasteiger partial charge in [0.2, 0.25) is 10.0 Å². The minimum atomic E-state index is -3.17. The van der Waals surface area contributed by atoms with Crippen LogP contribution in [0.1, 0.15) is 11.1 Å². The van der Waals surface area contributed by atoms with Crippen molar-refractivity contribution in [3.8, 4) is 0 Å². The molecular weight excluding hydrogens is 186 g/mol. The second kappa shape index (κ2) is 3.38. The predicted octanol–water partition coefficient (Wildman–Crippen LogP) is 1.67. The van der Waals surface area contributed by atoms with Crippen molar-refractivity contribution < 1.29 is 8.42 Å². The maximum atomic E-state index is 11.0. The Bertz CT molecular complexity index is 410. The van der Waals surface area contributed by atoms with Gasteiger partial charge in [0.25, 0.3) is 0 Å². The number of benzene rings is 1. The lowest BCUT2D eigenvalue weighted by molar-refractivity contribution is 0.607. The van der Waals surface area contributed by atoms with E-state index < -0.39 is 10.0 Å². The molecule has 1 N–H and O–H groups in total. The van der Waals surface area contributed by atoms with Crippen LogP contribution in [0.5, 0.6) is 0 Å². The summed E-state index contributed by atoms with van der Waals surface area (Å²) in [4.78, 5) is 0. The molecule has 0 saturated carbocycles. The van der Waals surface area contributed by atoms with E-state index in [1.807, 2.05) is 26.0 Å². The maximum absolute atomic E-state index is 11.0. The minimum Gasteiger partial charge on any atom is -0.284 e. The van der Waals surface area contributed by atoms with E-state index in [-0.39, 0.29) is 0 Å². The van der Waals surface area contributed by atoms with Gasteiger partial charge in [-0.1, -0.05) is 12.1 Å². The van der Waals surface area contributed by atoms with Crippen molar-refractivity contribution in [2.45, 2.75) is 13.8 Å². The Hall–Kier alpha value is -1.03. The monoisotopic (exact) mass is 199 g/mol. The van der Waals surface area contributed by atoms with Crippen molar-refractivity contribution in [1.82, 2.24) is 0 Å². The molecule has 72 valence electrons. The Morgan fingerprint density at radius 3 is 2.38 bits per heavy atom. The summed E-state index contributed by atoms with van der Waals surface area (Å²) in [6.07, 6.45) is 1.15. The van der Waals surface area contributed by atoms with Gasteiger partial charge in [0.1, 0.15) is 0 Å². The van der Waals surface area contributed by atoms with E-state index in [4.69, 9.17) is 0 Å². The fourth-order valence-electron chi connectivity index (χ4n) is 1.06. The molecule has 1 rings (SSSR count). The molecule has 0 bridgehead atoms. The van der Waals surface area contributed by atoms with Gasteiger partial charge in [-0.2, -0.15) is 0 Å². The van der Waals surface area contributed by atoms with E-state index >= 15 is 0 Å². The lowest BCUT2D eigenvalue weighted by atomic mass is 10.1. The normalized spacial score (nSPS) is 11.3. The number of nitrogens with one attached hydrogen (secondary N) is 1. The van der Waals surface area contributed by atoms with Gasteiger partial charge in [0, 0.05) is 0 Å². The summed E-state index contributed by atoms with van der Waals surface area (Å²) in [5.41, 5.74) is 2.70. The smallest absolute Gasteiger partial charge is 0.229 e. The molecule has 1 aromatic rings. The molecule has 0 aromatic heterocycles. The molecule has 0 aliphatic heterocycles. The molecule has 3 nitrogen and oxygen atoms in total. The molecule has 0 spiro atoms. The van der Waals surface area contributed by atoms with Crippen molar-refractivity contribution in [2.75, 3.05) is 11.0 Å². The maximum Gasteiger partial charge on any atom is 0.229 e. The molecule has 0 unspecified atom stereocenters. The number of sulfonamides is 1.